The van der Waals surface area contributed by atoms with Gasteiger partial charge in [0.1, 0.15) is 5.69 Å². The van der Waals surface area contributed by atoms with E-state index in [1.54, 1.807) is 9.36 Å². The van der Waals surface area contributed by atoms with E-state index in [1.807, 2.05) is 68.6 Å². The van der Waals surface area contributed by atoms with Crippen molar-refractivity contribution in [3.05, 3.63) is 112 Å². The Bertz CT molecular complexity index is 1370. The van der Waals surface area contributed by atoms with E-state index in [0.717, 1.165) is 30.8 Å². The number of hydrogen-bond donors (Lipinski definition) is 1. The van der Waals surface area contributed by atoms with Crippen LogP contribution in [0.25, 0.3) is 5.69 Å². The highest BCUT2D eigenvalue weighted by Gasteiger charge is 2.20. The molecule has 1 aliphatic rings. The fourth-order valence-corrected chi connectivity index (χ4v) is 4.45. The van der Waals surface area contributed by atoms with E-state index in [2.05, 4.69) is 34.5 Å². The van der Waals surface area contributed by atoms with Crippen molar-refractivity contribution < 1.29 is 4.79 Å². The molecule has 33 heavy (non-hydrogen) atoms. The number of nitrogens with zero attached hydrogens (tertiary/aromatic N) is 3. The van der Waals surface area contributed by atoms with Crippen molar-refractivity contribution in [3.63, 3.8) is 0 Å². The number of benzene rings is 3. The average molecular weight is 439 g/mol. The van der Waals surface area contributed by atoms with E-state index < -0.39 is 0 Å². The van der Waals surface area contributed by atoms with Gasteiger partial charge in [-0.15, -0.1) is 0 Å². The van der Waals surface area contributed by atoms with Gasteiger partial charge in [0.2, 0.25) is 0 Å². The fraction of sp³-hybridized carbons (Fsp3) is 0.185. The van der Waals surface area contributed by atoms with Crippen LogP contribution in [-0.4, -0.2) is 21.8 Å². The minimum absolute atomic E-state index is 0.251. The Kier molecular flexibility index (Phi) is 5.34. The molecular weight excluding hydrogens is 412 g/mol. The first-order valence-electron chi connectivity index (χ1n) is 11.1. The van der Waals surface area contributed by atoms with Crippen LogP contribution in [0.15, 0.2) is 83.7 Å². The van der Waals surface area contributed by atoms with E-state index in [4.69, 9.17) is 0 Å². The molecule has 0 spiro atoms. The number of fused-ring (bicyclic) bond motifs is 1. The van der Waals surface area contributed by atoms with E-state index in [0.29, 0.717) is 16.9 Å². The number of amides is 1. The number of anilines is 2. The van der Waals surface area contributed by atoms with Crippen LogP contribution in [0, 0.1) is 6.92 Å². The summed E-state index contributed by atoms with van der Waals surface area (Å²) in [5.74, 6) is -0.293. The highest BCUT2D eigenvalue weighted by Crippen LogP contribution is 2.28. The van der Waals surface area contributed by atoms with E-state index in [-0.39, 0.29) is 11.5 Å². The molecule has 2 heterocycles. The number of para-hydroxylation sites is 2. The zero-order valence-electron chi connectivity index (χ0n) is 18.8. The number of carbonyl (C=O) groups is 1. The van der Waals surface area contributed by atoms with Crippen LogP contribution in [0.3, 0.4) is 0 Å². The summed E-state index contributed by atoms with van der Waals surface area (Å²) < 4.78 is 3.31. The second-order valence-electron chi connectivity index (χ2n) is 8.39. The van der Waals surface area contributed by atoms with Crippen molar-refractivity contribution in [1.82, 2.24) is 9.36 Å². The van der Waals surface area contributed by atoms with E-state index >= 15 is 0 Å². The molecule has 1 amide bonds. The van der Waals surface area contributed by atoms with Crippen LogP contribution in [0.2, 0.25) is 0 Å². The predicted octanol–water partition coefficient (Wildman–Crippen LogP) is 4.30. The Labute approximate surface area is 192 Å². The molecule has 0 saturated heterocycles. The quantitative estimate of drug-likeness (QED) is 0.505. The van der Waals surface area contributed by atoms with Gasteiger partial charge >= 0.3 is 0 Å². The third kappa shape index (κ3) is 3.84. The molecule has 1 N–H and O–H groups in total. The maximum absolute atomic E-state index is 13.0. The van der Waals surface area contributed by atoms with Crippen LogP contribution >= 0.6 is 0 Å². The SMILES string of the molecule is Cc1c(NC(=O)c2ccc(CN3CCc4ccccc43)cc2)c(=O)n(-c2ccccc2)n1C. The molecule has 166 valence electrons. The molecule has 0 aliphatic carbocycles. The van der Waals surface area contributed by atoms with Gasteiger partial charge in [0.25, 0.3) is 11.5 Å². The standard InChI is InChI=1S/C27H26N4O2/c1-19-25(27(33)31(29(19)2)23-9-4-3-5-10-23)28-26(32)22-14-12-20(13-15-22)18-30-17-16-21-8-6-7-11-24(21)30/h3-15H,16-18H2,1-2H3,(H,28,32). The molecule has 3 aromatic carbocycles. The summed E-state index contributed by atoms with van der Waals surface area (Å²) in [5.41, 5.74) is 5.83. The van der Waals surface area contributed by atoms with Gasteiger partial charge in [-0.1, -0.05) is 48.5 Å². The average Bonchev–Trinajstić information content (AvgIpc) is 3.34. The van der Waals surface area contributed by atoms with Gasteiger partial charge in [0.15, 0.2) is 0 Å². The Hall–Kier alpha value is -4.06. The monoisotopic (exact) mass is 438 g/mol. The second-order valence-corrected chi connectivity index (χ2v) is 8.39. The maximum atomic E-state index is 13.0. The van der Waals surface area contributed by atoms with Gasteiger partial charge in [-0.25, -0.2) is 4.68 Å². The van der Waals surface area contributed by atoms with Crippen molar-refractivity contribution in [3.8, 4) is 5.69 Å². The lowest BCUT2D eigenvalue weighted by Crippen LogP contribution is -2.23. The van der Waals surface area contributed by atoms with Crippen molar-refractivity contribution >= 4 is 17.3 Å². The summed E-state index contributed by atoms with van der Waals surface area (Å²) in [5, 5.41) is 2.83. The smallest absolute Gasteiger partial charge is 0.295 e. The summed E-state index contributed by atoms with van der Waals surface area (Å²) in [6.45, 7) is 3.63. The molecule has 0 radical (unpaired) electrons. The lowest BCUT2D eigenvalue weighted by Gasteiger charge is -2.19. The summed E-state index contributed by atoms with van der Waals surface area (Å²) in [6, 6.07) is 25.5. The Morgan fingerprint density at radius 1 is 0.939 bits per heavy atom. The number of rotatable bonds is 5. The van der Waals surface area contributed by atoms with Crippen LogP contribution in [0.1, 0.15) is 27.2 Å². The minimum Gasteiger partial charge on any atom is -0.367 e. The molecule has 0 saturated carbocycles. The Morgan fingerprint density at radius 2 is 1.64 bits per heavy atom. The third-order valence-corrected chi connectivity index (χ3v) is 6.37. The van der Waals surface area contributed by atoms with Gasteiger partial charge in [-0.05, 0) is 54.8 Å². The number of nitrogens with one attached hydrogen (secondary N) is 1. The topological polar surface area (TPSA) is 59.3 Å². The molecule has 6 heteroatoms. The molecule has 0 atom stereocenters. The van der Waals surface area contributed by atoms with Crippen molar-refractivity contribution in [2.75, 3.05) is 16.8 Å². The molecule has 0 unspecified atom stereocenters. The minimum atomic E-state index is -0.293. The zero-order chi connectivity index (χ0) is 22.9. The Morgan fingerprint density at radius 3 is 2.39 bits per heavy atom. The number of aromatic nitrogens is 2. The second kappa shape index (κ2) is 8.47. The summed E-state index contributed by atoms with van der Waals surface area (Å²) in [6.07, 6.45) is 1.06. The largest absolute Gasteiger partial charge is 0.367 e. The van der Waals surface area contributed by atoms with Gasteiger partial charge in [0, 0.05) is 31.4 Å². The third-order valence-electron chi connectivity index (χ3n) is 6.37. The lowest BCUT2D eigenvalue weighted by atomic mass is 10.1. The summed E-state index contributed by atoms with van der Waals surface area (Å²) in [4.78, 5) is 28.3. The number of carbonyl (C=O) groups excluding carboxylic acids is 1. The highest BCUT2D eigenvalue weighted by molar-refractivity contribution is 6.04. The predicted molar refractivity (Wildman–Crippen MR) is 131 cm³/mol. The van der Waals surface area contributed by atoms with E-state index in [1.165, 1.54) is 11.3 Å². The first-order chi connectivity index (χ1) is 16.0. The summed E-state index contributed by atoms with van der Waals surface area (Å²) >= 11 is 0. The molecule has 0 fully saturated rings. The first-order valence-corrected chi connectivity index (χ1v) is 11.1. The molecule has 4 aromatic rings. The van der Waals surface area contributed by atoms with Gasteiger partial charge in [0.05, 0.1) is 11.4 Å². The first kappa shape index (κ1) is 20.8. The van der Waals surface area contributed by atoms with Crippen LogP contribution < -0.4 is 15.8 Å². The van der Waals surface area contributed by atoms with Crippen molar-refractivity contribution in [1.29, 1.82) is 0 Å². The van der Waals surface area contributed by atoms with E-state index in [9.17, 15) is 9.59 Å². The van der Waals surface area contributed by atoms with Crippen LogP contribution in [0.5, 0.6) is 0 Å². The number of hydrogen-bond acceptors (Lipinski definition) is 3. The Balaban J connectivity index is 1.33. The van der Waals surface area contributed by atoms with Crippen LogP contribution in [0.4, 0.5) is 11.4 Å². The molecule has 0 bridgehead atoms. The molecule has 5 rings (SSSR count). The maximum Gasteiger partial charge on any atom is 0.295 e. The zero-order valence-corrected chi connectivity index (χ0v) is 18.8. The fourth-order valence-electron chi connectivity index (χ4n) is 4.45. The van der Waals surface area contributed by atoms with Gasteiger partial charge in [-0.2, -0.15) is 0 Å². The normalized spacial score (nSPS) is 12.6. The molecule has 1 aromatic heterocycles. The van der Waals surface area contributed by atoms with Crippen LogP contribution in [-0.2, 0) is 20.0 Å². The molecule has 1 aliphatic heterocycles. The van der Waals surface area contributed by atoms with Gasteiger partial charge < -0.3 is 10.2 Å². The van der Waals surface area contributed by atoms with Crippen molar-refractivity contribution in [2.45, 2.75) is 19.9 Å². The lowest BCUT2D eigenvalue weighted by molar-refractivity contribution is 0.102. The van der Waals surface area contributed by atoms with Crippen molar-refractivity contribution in [2.24, 2.45) is 7.05 Å². The molecule has 6 nitrogen and oxygen atoms in total. The molecular formula is C27H26N4O2. The highest BCUT2D eigenvalue weighted by atomic mass is 16.2. The summed E-state index contributed by atoms with van der Waals surface area (Å²) in [7, 11) is 1.81. The van der Waals surface area contributed by atoms with Gasteiger partial charge in [-0.3, -0.25) is 14.3 Å².